The molecular weight excluding hydrogens is 619 g/mol. The van der Waals surface area contributed by atoms with Crippen LogP contribution in [0.4, 0.5) is 5.13 Å². The van der Waals surface area contributed by atoms with Crippen molar-refractivity contribution in [3.05, 3.63) is 46.5 Å². The molecule has 3 saturated carbocycles. The molecule has 0 bridgehead atoms. The number of aromatic nitrogens is 1. The number of fused-ring (bicyclic) bond motifs is 6. The maximum absolute atomic E-state index is 13.2. The zero-order chi connectivity index (χ0) is 34.7. The summed E-state index contributed by atoms with van der Waals surface area (Å²) in [4.78, 5) is 19.6. The van der Waals surface area contributed by atoms with Crippen LogP contribution in [-0.4, -0.2) is 50.6 Å². The molecule has 1 aliphatic heterocycles. The summed E-state index contributed by atoms with van der Waals surface area (Å²) in [6, 6.07) is 9.26. The van der Waals surface area contributed by atoms with Gasteiger partial charge in [0.2, 0.25) is 5.91 Å². The number of anilines is 1. The van der Waals surface area contributed by atoms with Gasteiger partial charge < -0.3 is 26.0 Å². The van der Waals surface area contributed by atoms with E-state index in [9.17, 15) is 15.0 Å². The van der Waals surface area contributed by atoms with E-state index < -0.39 is 11.6 Å². The van der Waals surface area contributed by atoms with Crippen molar-refractivity contribution in [2.45, 2.75) is 148 Å². The van der Waals surface area contributed by atoms with Gasteiger partial charge in [0.25, 0.3) is 0 Å². The number of benzene rings is 1. The number of thiazole rings is 1. The molecule has 1 aromatic heterocycles. The van der Waals surface area contributed by atoms with Crippen LogP contribution in [0.3, 0.4) is 0 Å². The van der Waals surface area contributed by atoms with Crippen LogP contribution in [-0.2, 0) is 27.8 Å². The standard InChI is InChI=1S/C40H59N3O4S/c1-35(2)28-15-18-38(6)29(21-26(44)31-24(14-17-39(31,38)7)40(8)19-16-30(47-40)36(3,4)46)37(28,5)22-27-32(35)42-34(48-27)43-33(45)25(41)20-23-12-10-9-11-13-23/h9-13,24-26,28-31,44,46H,14-22,41H2,1-8H3,(H,42,43,45)/t24-,25+,26+,28-,29+,30-,31-,37-,38+,39+,40-/m0/s1. The predicted molar refractivity (Wildman–Crippen MR) is 192 cm³/mol. The Morgan fingerprint density at radius 1 is 1.04 bits per heavy atom. The summed E-state index contributed by atoms with van der Waals surface area (Å²) in [5, 5.41) is 26.8. The van der Waals surface area contributed by atoms with Crippen LogP contribution in [0.15, 0.2) is 30.3 Å². The molecule has 1 amide bonds. The molecule has 4 fully saturated rings. The molecule has 5 aliphatic rings. The topological polar surface area (TPSA) is 118 Å². The van der Waals surface area contributed by atoms with E-state index in [4.69, 9.17) is 15.5 Å². The Morgan fingerprint density at radius 3 is 2.40 bits per heavy atom. The quantitative estimate of drug-likeness (QED) is 0.261. The zero-order valence-corrected chi connectivity index (χ0v) is 31.3. The van der Waals surface area contributed by atoms with Gasteiger partial charge in [0.1, 0.15) is 0 Å². The molecule has 11 atom stereocenters. The lowest BCUT2D eigenvalue weighted by Gasteiger charge is -2.69. The Labute approximate surface area is 291 Å². The summed E-state index contributed by atoms with van der Waals surface area (Å²) in [6.07, 6.45) is 7.92. The van der Waals surface area contributed by atoms with Crippen LogP contribution < -0.4 is 11.1 Å². The number of hydrogen-bond acceptors (Lipinski definition) is 7. The highest BCUT2D eigenvalue weighted by atomic mass is 32.1. The van der Waals surface area contributed by atoms with Crippen LogP contribution in [0.1, 0.15) is 116 Å². The average Bonchev–Trinajstić information content (AvgIpc) is 3.71. The third-order valence-electron chi connectivity index (χ3n) is 15.1. The van der Waals surface area contributed by atoms with Gasteiger partial charge in [0.05, 0.1) is 35.1 Å². The summed E-state index contributed by atoms with van der Waals surface area (Å²) >= 11 is 1.62. The lowest BCUT2D eigenvalue weighted by atomic mass is 9.35. The molecule has 2 heterocycles. The first-order valence-electron chi connectivity index (χ1n) is 18.5. The Hall–Kier alpha value is -1.84. The molecule has 8 heteroatoms. The monoisotopic (exact) mass is 677 g/mol. The molecule has 264 valence electrons. The number of aliphatic hydroxyl groups is 2. The fourth-order valence-electron chi connectivity index (χ4n) is 12.6. The van der Waals surface area contributed by atoms with E-state index in [-0.39, 0.29) is 57.2 Å². The molecule has 2 aromatic rings. The van der Waals surface area contributed by atoms with Gasteiger partial charge in [-0.3, -0.25) is 4.79 Å². The summed E-state index contributed by atoms with van der Waals surface area (Å²) in [5.41, 5.74) is 7.24. The molecule has 1 saturated heterocycles. The Morgan fingerprint density at radius 2 is 1.73 bits per heavy atom. The molecule has 7 nitrogen and oxygen atoms in total. The van der Waals surface area contributed by atoms with Gasteiger partial charge in [-0.2, -0.15) is 0 Å². The van der Waals surface area contributed by atoms with Gasteiger partial charge >= 0.3 is 0 Å². The number of nitrogens with zero attached hydrogens (tertiary/aromatic N) is 1. The van der Waals surface area contributed by atoms with Crippen LogP contribution in [0.5, 0.6) is 0 Å². The van der Waals surface area contributed by atoms with Crippen molar-refractivity contribution >= 4 is 22.4 Å². The van der Waals surface area contributed by atoms with Gasteiger partial charge in [0, 0.05) is 10.3 Å². The fourth-order valence-corrected chi connectivity index (χ4v) is 13.9. The van der Waals surface area contributed by atoms with Crippen molar-refractivity contribution in [3.63, 3.8) is 0 Å². The van der Waals surface area contributed by atoms with Crippen molar-refractivity contribution in [1.82, 2.24) is 4.98 Å². The minimum Gasteiger partial charge on any atom is -0.393 e. The van der Waals surface area contributed by atoms with Crippen LogP contribution >= 0.6 is 11.3 Å². The van der Waals surface area contributed by atoms with Gasteiger partial charge in [-0.1, -0.05) is 65.0 Å². The summed E-state index contributed by atoms with van der Waals surface area (Å²) in [5.74, 6) is 1.06. The van der Waals surface area contributed by atoms with Crippen molar-refractivity contribution in [1.29, 1.82) is 0 Å². The van der Waals surface area contributed by atoms with E-state index in [1.165, 1.54) is 4.88 Å². The molecule has 7 rings (SSSR count). The fraction of sp³-hybridized carbons (Fsp3) is 0.750. The minimum absolute atomic E-state index is 0.000679. The summed E-state index contributed by atoms with van der Waals surface area (Å²) in [7, 11) is 0. The number of carbonyl (C=O) groups is 1. The molecular formula is C40H59N3O4S. The van der Waals surface area contributed by atoms with E-state index in [0.29, 0.717) is 23.4 Å². The van der Waals surface area contributed by atoms with E-state index in [1.807, 2.05) is 44.2 Å². The maximum Gasteiger partial charge on any atom is 0.243 e. The Balaban J connectivity index is 1.15. The number of amides is 1. The first kappa shape index (κ1) is 34.6. The SMILES string of the molecule is CC(C)(O)[C@@H]1CC[C@@](C)([C@H]2CC[C@]3(C)[C@@H]2[C@H](O)C[C@@H]2[C@@]4(C)Cc5sc(NC(=O)[C@H](N)Cc6ccccc6)nc5C(C)(C)[C@@H]4CC[C@]23C)O1. The summed E-state index contributed by atoms with van der Waals surface area (Å²) in [6.45, 7) is 18.3. The van der Waals surface area contributed by atoms with E-state index in [1.54, 1.807) is 11.3 Å². The molecule has 0 unspecified atom stereocenters. The van der Waals surface area contributed by atoms with E-state index in [0.717, 1.165) is 62.6 Å². The number of rotatable bonds is 6. The highest BCUT2D eigenvalue weighted by Gasteiger charge is 2.72. The second-order valence-corrected chi connectivity index (χ2v) is 19.6. The predicted octanol–water partition coefficient (Wildman–Crippen LogP) is 7.03. The van der Waals surface area contributed by atoms with Gasteiger partial charge in [0.15, 0.2) is 5.13 Å². The largest absolute Gasteiger partial charge is 0.393 e. The molecule has 0 spiro atoms. The number of aliphatic hydroxyl groups excluding tert-OH is 1. The van der Waals surface area contributed by atoms with Crippen molar-refractivity contribution in [3.8, 4) is 0 Å². The number of nitrogens with two attached hydrogens (primary N) is 1. The Kier molecular flexibility index (Phi) is 8.17. The second kappa shape index (κ2) is 11.3. The Bertz CT molecular complexity index is 1550. The average molecular weight is 678 g/mol. The van der Waals surface area contributed by atoms with Gasteiger partial charge in [-0.15, -0.1) is 11.3 Å². The molecule has 48 heavy (non-hydrogen) atoms. The van der Waals surface area contributed by atoms with Crippen LogP contribution in [0.25, 0.3) is 0 Å². The third kappa shape index (κ3) is 5.09. The lowest BCUT2D eigenvalue weighted by molar-refractivity contribution is -0.227. The molecule has 5 N–H and O–H groups in total. The lowest BCUT2D eigenvalue weighted by Crippen LogP contribution is -2.66. The normalized spacial score (nSPS) is 42.3. The number of ether oxygens (including phenoxy) is 1. The van der Waals surface area contributed by atoms with E-state index in [2.05, 4.69) is 46.9 Å². The van der Waals surface area contributed by atoms with Crippen molar-refractivity contribution in [2.75, 3.05) is 5.32 Å². The third-order valence-corrected chi connectivity index (χ3v) is 16.1. The first-order chi connectivity index (χ1) is 22.3. The minimum atomic E-state index is -0.866. The zero-order valence-electron chi connectivity index (χ0n) is 30.4. The molecule has 1 aromatic carbocycles. The molecule has 4 aliphatic carbocycles. The highest BCUT2D eigenvalue weighted by molar-refractivity contribution is 7.15. The maximum atomic E-state index is 13.2. The van der Waals surface area contributed by atoms with Crippen LogP contribution in [0, 0.1) is 39.9 Å². The van der Waals surface area contributed by atoms with Gasteiger partial charge in [-0.05, 0) is 124 Å². The smallest absolute Gasteiger partial charge is 0.243 e. The second-order valence-electron chi connectivity index (χ2n) is 18.5. The van der Waals surface area contributed by atoms with E-state index >= 15 is 0 Å². The number of hydrogen-bond donors (Lipinski definition) is 4. The van der Waals surface area contributed by atoms with Gasteiger partial charge in [-0.25, -0.2) is 4.98 Å². The van der Waals surface area contributed by atoms with Crippen molar-refractivity contribution < 1.29 is 19.7 Å². The first-order valence-corrected chi connectivity index (χ1v) is 19.3. The highest BCUT2D eigenvalue weighted by Crippen LogP contribution is 2.76. The van der Waals surface area contributed by atoms with Crippen molar-refractivity contribution in [2.24, 2.45) is 45.7 Å². The van der Waals surface area contributed by atoms with Crippen LogP contribution in [0.2, 0.25) is 0 Å². The summed E-state index contributed by atoms with van der Waals surface area (Å²) < 4.78 is 6.75. The number of nitrogens with one attached hydrogen (secondary N) is 1. The molecule has 0 radical (unpaired) electrons. The number of carbonyl (C=O) groups excluding carboxylic acids is 1.